The Kier molecular flexibility index (Phi) is 2.73. The Balaban J connectivity index is 1.89. The van der Waals surface area contributed by atoms with Gasteiger partial charge in [0.2, 0.25) is 0 Å². The maximum absolute atomic E-state index is 6.09. The zero-order valence-corrected chi connectivity index (χ0v) is 10.0. The Bertz CT molecular complexity index is 514. The molecule has 0 aliphatic carbocycles. The Morgan fingerprint density at radius 2 is 2.18 bits per heavy atom. The van der Waals surface area contributed by atoms with Crippen molar-refractivity contribution in [3.8, 4) is 5.75 Å². The van der Waals surface area contributed by atoms with Gasteiger partial charge in [0.05, 0.1) is 17.1 Å². The van der Waals surface area contributed by atoms with E-state index in [1.165, 1.54) is 0 Å². The van der Waals surface area contributed by atoms with E-state index in [-0.39, 0.29) is 0 Å². The minimum atomic E-state index is 0.335. The van der Waals surface area contributed by atoms with Crippen LogP contribution in [-0.4, -0.2) is 29.0 Å². The molecule has 0 bridgehead atoms. The summed E-state index contributed by atoms with van der Waals surface area (Å²) in [4.78, 5) is 0. The molecular formula is C13H17N3O. The standard InChI is InChI=1S/C13H17N3O/c1-16-12-3-2-4-13(11(12)9-15-16)17-10-5-7-14-8-6-10/h2-4,9-10,14H,5-8H2,1H3. The monoisotopic (exact) mass is 231 g/mol. The van der Waals surface area contributed by atoms with Crippen LogP contribution in [0.15, 0.2) is 24.4 Å². The van der Waals surface area contributed by atoms with Crippen molar-refractivity contribution in [1.82, 2.24) is 15.1 Å². The average molecular weight is 231 g/mol. The van der Waals surface area contributed by atoms with Gasteiger partial charge in [0.15, 0.2) is 0 Å². The number of ether oxygens (including phenoxy) is 1. The number of piperidine rings is 1. The van der Waals surface area contributed by atoms with Gasteiger partial charge < -0.3 is 10.1 Å². The van der Waals surface area contributed by atoms with Gasteiger partial charge in [0.25, 0.3) is 0 Å². The van der Waals surface area contributed by atoms with Gasteiger partial charge in [-0.25, -0.2) is 0 Å². The van der Waals surface area contributed by atoms with Crippen molar-refractivity contribution in [2.75, 3.05) is 13.1 Å². The highest BCUT2D eigenvalue weighted by Gasteiger charge is 2.16. The lowest BCUT2D eigenvalue weighted by Crippen LogP contribution is -2.34. The zero-order chi connectivity index (χ0) is 11.7. The molecule has 0 atom stereocenters. The van der Waals surface area contributed by atoms with E-state index >= 15 is 0 Å². The minimum Gasteiger partial charge on any atom is -0.490 e. The van der Waals surface area contributed by atoms with E-state index < -0.39 is 0 Å². The van der Waals surface area contributed by atoms with Crippen LogP contribution in [0.5, 0.6) is 5.75 Å². The Labute approximate surface area is 101 Å². The van der Waals surface area contributed by atoms with Crippen LogP contribution in [0.3, 0.4) is 0 Å². The van der Waals surface area contributed by atoms with Crippen molar-refractivity contribution in [1.29, 1.82) is 0 Å². The molecule has 1 N–H and O–H groups in total. The van der Waals surface area contributed by atoms with Crippen LogP contribution in [-0.2, 0) is 7.05 Å². The van der Waals surface area contributed by atoms with Crippen LogP contribution in [0.4, 0.5) is 0 Å². The van der Waals surface area contributed by atoms with E-state index in [4.69, 9.17) is 4.74 Å². The average Bonchev–Trinajstić information content (AvgIpc) is 2.74. The number of aryl methyl sites for hydroxylation is 1. The number of fused-ring (bicyclic) bond motifs is 1. The van der Waals surface area contributed by atoms with Gasteiger partial charge in [-0.15, -0.1) is 0 Å². The summed E-state index contributed by atoms with van der Waals surface area (Å²) in [6.07, 6.45) is 4.38. The fraction of sp³-hybridized carbons (Fsp3) is 0.462. The molecule has 1 saturated heterocycles. The first-order chi connectivity index (χ1) is 8.34. The van der Waals surface area contributed by atoms with Gasteiger partial charge in [-0.3, -0.25) is 4.68 Å². The first-order valence-corrected chi connectivity index (χ1v) is 6.13. The number of nitrogens with zero attached hydrogens (tertiary/aromatic N) is 2. The summed E-state index contributed by atoms with van der Waals surface area (Å²) < 4.78 is 7.97. The van der Waals surface area contributed by atoms with Crippen LogP contribution in [0.2, 0.25) is 0 Å². The van der Waals surface area contributed by atoms with Crippen molar-refractivity contribution in [2.45, 2.75) is 18.9 Å². The summed E-state index contributed by atoms with van der Waals surface area (Å²) in [5.41, 5.74) is 1.12. The van der Waals surface area contributed by atoms with E-state index in [1.54, 1.807) is 0 Å². The molecule has 90 valence electrons. The smallest absolute Gasteiger partial charge is 0.130 e. The second kappa shape index (κ2) is 4.37. The molecule has 1 aliphatic heterocycles. The van der Waals surface area contributed by atoms with E-state index in [1.807, 2.05) is 30.1 Å². The molecule has 1 aromatic carbocycles. The van der Waals surface area contributed by atoms with Crippen molar-refractivity contribution in [3.63, 3.8) is 0 Å². The minimum absolute atomic E-state index is 0.335. The lowest BCUT2D eigenvalue weighted by Gasteiger charge is -2.24. The molecular weight excluding hydrogens is 214 g/mol. The third kappa shape index (κ3) is 2.00. The molecule has 0 spiro atoms. The first-order valence-electron chi connectivity index (χ1n) is 6.13. The van der Waals surface area contributed by atoms with Gasteiger partial charge in [-0.1, -0.05) is 6.07 Å². The third-order valence-electron chi connectivity index (χ3n) is 3.33. The van der Waals surface area contributed by atoms with Gasteiger partial charge in [-0.05, 0) is 38.1 Å². The summed E-state index contributed by atoms with van der Waals surface area (Å²) in [7, 11) is 1.96. The predicted octanol–water partition coefficient (Wildman–Crippen LogP) is 1.70. The van der Waals surface area contributed by atoms with Gasteiger partial charge in [-0.2, -0.15) is 5.10 Å². The van der Waals surface area contributed by atoms with E-state index in [0.29, 0.717) is 6.10 Å². The van der Waals surface area contributed by atoms with Crippen molar-refractivity contribution in [2.24, 2.45) is 7.05 Å². The molecule has 3 rings (SSSR count). The van der Waals surface area contributed by atoms with Crippen molar-refractivity contribution < 1.29 is 4.74 Å². The van der Waals surface area contributed by atoms with E-state index in [2.05, 4.69) is 16.5 Å². The molecule has 4 heteroatoms. The highest BCUT2D eigenvalue weighted by atomic mass is 16.5. The molecule has 0 saturated carbocycles. The Morgan fingerprint density at radius 3 is 3.00 bits per heavy atom. The van der Waals surface area contributed by atoms with Crippen LogP contribution in [0, 0.1) is 0 Å². The number of hydrogen-bond acceptors (Lipinski definition) is 3. The molecule has 2 aromatic rings. The molecule has 0 unspecified atom stereocenters. The van der Waals surface area contributed by atoms with Crippen molar-refractivity contribution in [3.05, 3.63) is 24.4 Å². The molecule has 17 heavy (non-hydrogen) atoms. The van der Waals surface area contributed by atoms with Gasteiger partial charge in [0.1, 0.15) is 11.9 Å². The quantitative estimate of drug-likeness (QED) is 0.855. The molecule has 0 amide bonds. The van der Waals surface area contributed by atoms with Crippen molar-refractivity contribution >= 4 is 10.9 Å². The Morgan fingerprint density at radius 1 is 1.35 bits per heavy atom. The SMILES string of the molecule is Cn1ncc2c(OC3CCNCC3)cccc21. The lowest BCUT2D eigenvalue weighted by molar-refractivity contribution is 0.164. The number of aromatic nitrogens is 2. The molecule has 2 heterocycles. The van der Waals surface area contributed by atoms with Crippen LogP contribution in [0.25, 0.3) is 10.9 Å². The maximum atomic E-state index is 6.09. The number of rotatable bonds is 2. The highest BCUT2D eigenvalue weighted by Crippen LogP contribution is 2.26. The fourth-order valence-corrected chi connectivity index (χ4v) is 2.35. The largest absolute Gasteiger partial charge is 0.490 e. The third-order valence-corrected chi connectivity index (χ3v) is 3.33. The second-order valence-electron chi connectivity index (χ2n) is 4.52. The zero-order valence-electron chi connectivity index (χ0n) is 10.0. The van der Waals surface area contributed by atoms with E-state index in [0.717, 1.165) is 42.6 Å². The predicted molar refractivity (Wildman–Crippen MR) is 67.2 cm³/mol. The summed E-state index contributed by atoms with van der Waals surface area (Å²) >= 11 is 0. The number of hydrogen-bond donors (Lipinski definition) is 1. The highest BCUT2D eigenvalue weighted by molar-refractivity contribution is 5.85. The number of benzene rings is 1. The maximum Gasteiger partial charge on any atom is 0.130 e. The van der Waals surface area contributed by atoms with Crippen LogP contribution < -0.4 is 10.1 Å². The topological polar surface area (TPSA) is 39.1 Å². The first kappa shape index (κ1) is 10.6. The number of nitrogens with one attached hydrogen (secondary N) is 1. The van der Waals surface area contributed by atoms with Gasteiger partial charge >= 0.3 is 0 Å². The summed E-state index contributed by atoms with van der Waals surface area (Å²) in [5, 5.41) is 8.72. The van der Waals surface area contributed by atoms with Crippen LogP contribution >= 0.6 is 0 Å². The molecule has 0 radical (unpaired) electrons. The second-order valence-corrected chi connectivity index (χ2v) is 4.52. The normalized spacial score (nSPS) is 17.5. The molecule has 1 fully saturated rings. The molecule has 1 aliphatic rings. The van der Waals surface area contributed by atoms with Gasteiger partial charge in [0, 0.05) is 7.05 Å². The fourth-order valence-electron chi connectivity index (χ4n) is 2.35. The van der Waals surface area contributed by atoms with E-state index in [9.17, 15) is 0 Å². The lowest BCUT2D eigenvalue weighted by atomic mass is 10.1. The van der Waals surface area contributed by atoms with Crippen LogP contribution in [0.1, 0.15) is 12.8 Å². The molecule has 1 aromatic heterocycles. The summed E-state index contributed by atoms with van der Waals surface area (Å²) in [5.74, 6) is 0.961. The Hall–Kier alpha value is -1.55. The summed E-state index contributed by atoms with van der Waals surface area (Å²) in [6.45, 7) is 2.10. The summed E-state index contributed by atoms with van der Waals surface area (Å²) in [6, 6.07) is 6.13. The molecule has 4 nitrogen and oxygen atoms in total.